The van der Waals surface area contributed by atoms with Gasteiger partial charge in [0.2, 0.25) is 0 Å². The lowest BCUT2D eigenvalue weighted by Crippen LogP contribution is -2.75. The highest BCUT2D eigenvalue weighted by Gasteiger charge is 2.35. The van der Waals surface area contributed by atoms with Gasteiger partial charge in [0, 0.05) is 24.3 Å². The van der Waals surface area contributed by atoms with E-state index in [1.54, 1.807) is 0 Å². The van der Waals surface area contributed by atoms with Crippen molar-refractivity contribution in [3.8, 4) is 0 Å². The summed E-state index contributed by atoms with van der Waals surface area (Å²) in [6, 6.07) is 40.7. The van der Waals surface area contributed by atoms with Crippen molar-refractivity contribution in [2.45, 2.75) is 0 Å². The van der Waals surface area contributed by atoms with Crippen molar-refractivity contribution in [2.75, 3.05) is 0 Å². The van der Waals surface area contributed by atoms with E-state index in [0.29, 0.717) is 24.3 Å². The van der Waals surface area contributed by atoms with E-state index in [2.05, 4.69) is 91.0 Å². The molecule has 0 fully saturated rings. The number of hydrogen-bond acceptors (Lipinski definition) is 0. The Morgan fingerprint density at radius 1 is 0.269 bits per heavy atom. The first-order valence-corrected chi connectivity index (χ1v) is 17.6. The zero-order valence-corrected chi connectivity index (χ0v) is 28.2. The first kappa shape index (κ1) is 36.3. The summed E-state index contributed by atoms with van der Waals surface area (Å²) in [5.74, 6) is -8.99. The van der Waals surface area contributed by atoms with Gasteiger partial charge in [-0.05, 0) is 36.4 Å². The number of halogens is 8. The van der Waals surface area contributed by atoms with Gasteiger partial charge in [-0.2, -0.15) is 21.9 Å². The topological polar surface area (TPSA) is 0 Å². The number of benzene rings is 7. The van der Waals surface area contributed by atoms with Gasteiger partial charge in [0.15, 0.2) is 0 Å². The lowest BCUT2D eigenvalue weighted by atomic mass is 9.13. The molecule has 0 bridgehead atoms. The van der Waals surface area contributed by atoms with Crippen LogP contribution in [0.25, 0.3) is 0 Å². The summed E-state index contributed by atoms with van der Waals surface area (Å²) in [6.07, 6.45) is -3.29. The Morgan fingerprint density at radius 3 is 0.654 bits per heavy atom. The molecule has 0 radical (unpaired) electrons. The maximum atomic E-state index is 14.3. The molecule has 0 aliphatic heterocycles. The van der Waals surface area contributed by atoms with E-state index in [-0.39, 0.29) is 21.9 Å². The first-order valence-electron chi connectivity index (χ1n) is 16.1. The molecule has 52 heavy (non-hydrogen) atoms. The molecule has 0 aromatic heterocycles. The lowest BCUT2D eigenvalue weighted by Gasteiger charge is -2.44. The van der Waals surface area contributed by atoms with E-state index in [0.717, 1.165) is 48.5 Å². The van der Waals surface area contributed by atoms with Crippen molar-refractivity contribution in [1.29, 1.82) is 0 Å². The van der Waals surface area contributed by atoms with Gasteiger partial charge in [0.1, 0.15) is 68.6 Å². The monoisotopic (exact) mass is 726 g/mol. The molecular formula is C42H28BF8P. The van der Waals surface area contributed by atoms with Crippen molar-refractivity contribution in [3.63, 3.8) is 0 Å². The second-order valence-electron chi connectivity index (χ2n) is 12.2. The Kier molecular flexibility index (Phi) is 11.0. The average molecular weight is 726 g/mol. The van der Waals surface area contributed by atoms with Crippen LogP contribution in [-0.4, -0.2) is 6.15 Å². The highest BCUT2D eigenvalue weighted by Crippen LogP contribution is 2.32. The maximum absolute atomic E-state index is 14.3. The quantitative estimate of drug-likeness (QED) is 0.0917. The Balaban J connectivity index is 0.000000206. The predicted molar refractivity (Wildman–Crippen MR) is 196 cm³/mol. The molecule has 0 saturated carbocycles. The smallest absolute Gasteiger partial charge is 0.123 e. The third kappa shape index (κ3) is 8.00. The normalized spacial score (nSPS) is 11.2. The molecule has 260 valence electrons. The van der Waals surface area contributed by atoms with E-state index in [4.69, 9.17) is 0 Å². The molecule has 0 aliphatic carbocycles. The highest BCUT2D eigenvalue weighted by molar-refractivity contribution is 7.79. The van der Waals surface area contributed by atoms with Crippen LogP contribution in [0, 0.1) is 46.5 Å². The zero-order valence-electron chi connectivity index (χ0n) is 27.2. The minimum Gasteiger partial charge on any atom is -0.207 e. The van der Waals surface area contributed by atoms with Crippen LogP contribution in [0.5, 0.6) is 0 Å². The van der Waals surface area contributed by atoms with Crippen molar-refractivity contribution in [1.82, 2.24) is 0 Å². The van der Waals surface area contributed by atoms with E-state index in [1.807, 2.05) is 0 Å². The lowest BCUT2D eigenvalue weighted by molar-refractivity contribution is 0.585. The molecule has 7 aromatic carbocycles. The third-order valence-electron chi connectivity index (χ3n) is 8.73. The van der Waals surface area contributed by atoms with Gasteiger partial charge in [-0.3, -0.25) is 0 Å². The van der Waals surface area contributed by atoms with Gasteiger partial charge in [-0.1, -0.05) is 103 Å². The third-order valence-corrected chi connectivity index (χ3v) is 11.5. The van der Waals surface area contributed by atoms with E-state index < -0.39 is 60.6 Å². The summed E-state index contributed by atoms with van der Waals surface area (Å²) in [5, 5.41) is 4.31. The average Bonchev–Trinajstić information content (AvgIpc) is 3.09. The van der Waals surface area contributed by atoms with Crippen LogP contribution in [-0.2, 0) is 0 Å². The van der Waals surface area contributed by atoms with Gasteiger partial charge in [0.25, 0.3) is 0 Å². The van der Waals surface area contributed by atoms with Crippen molar-refractivity contribution >= 4 is 51.8 Å². The molecule has 0 atom stereocenters. The first-order chi connectivity index (χ1) is 25.0. The van der Waals surface area contributed by atoms with E-state index in [9.17, 15) is 35.1 Å². The molecule has 7 rings (SSSR count). The van der Waals surface area contributed by atoms with Gasteiger partial charge < -0.3 is 0 Å². The van der Waals surface area contributed by atoms with Crippen molar-refractivity contribution in [3.05, 3.63) is 210 Å². The van der Waals surface area contributed by atoms with Gasteiger partial charge >= 0.3 is 0 Å². The molecule has 0 saturated heterocycles. The molecule has 0 amide bonds. The van der Waals surface area contributed by atoms with Crippen LogP contribution in [0.15, 0.2) is 164 Å². The number of hydrogen-bond donors (Lipinski definition) is 0. The SMILES string of the molecule is Fc1cc(F)cc([B-](c2cc(F)cc(F)c2)(c2cc(F)cc(F)c2)c2cc(F)cc(F)c2)c1.c1ccc([PH+](c2ccccc2)c2ccccc2)cc1. The van der Waals surface area contributed by atoms with Gasteiger partial charge in [-0.15, -0.1) is 0 Å². The molecule has 0 N–H and O–H groups in total. The molecule has 0 nitrogen and oxygen atoms in total. The van der Waals surface area contributed by atoms with Crippen LogP contribution in [0.3, 0.4) is 0 Å². The predicted octanol–water partition coefficient (Wildman–Crippen LogP) is 7.35. The van der Waals surface area contributed by atoms with Crippen LogP contribution < -0.4 is 37.8 Å². The Bertz CT molecular complexity index is 1920. The molecule has 0 heterocycles. The fourth-order valence-electron chi connectivity index (χ4n) is 6.77. The summed E-state index contributed by atoms with van der Waals surface area (Å²) < 4.78 is 114. The van der Waals surface area contributed by atoms with Crippen LogP contribution in [0.1, 0.15) is 0 Å². The summed E-state index contributed by atoms with van der Waals surface area (Å²) in [4.78, 5) is 0. The molecule has 0 unspecified atom stereocenters. The summed E-state index contributed by atoms with van der Waals surface area (Å²) in [5.41, 5.74) is -1.42. The molecule has 10 heteroatoms. The van der Waals surface area contributed by atoms with Crippen LogP contribution >= 0.6 is 7.92 Å². The Morgan fingerprint density at radius 2 is 0.462 bits per heavy atom. The fraction of sp³-hybridized carbons (Fsp3) is 0. The van der Waals surface area contributed by atoms with Crippen LogP contribution in [0.4, 0.5) is 35.1 Å². The van der Waals surface area contributed by atoms with E-state index >= 15 is 0 Å². The second-order valence-corrected chi connectivity index (χ2v) is 14.6. The van der Waals surface area contributed by atoms with Crippen LogP contribution in [0.2, 0.25) is 0 Å². The van der Waals surface area contributed by atoms with E-state index in [1.165, 1.54) is 15.9 Å². The summed E-state index contributed by atoms with van der Waals surface area (Å²) >= 11 is 0. The molecule has 7 aromatic rings. The highest BCUT2D eigenvalue weighted by atomic mass is 31.1. The summed E-state index contributed by atoms with van der Waals surface area (Å²) in [6.45, 7) is 0. The molecule has 0 spiro atoms. The minimum absolute atomic E-state index is 0.354. The van der Waals surface area contributed by atoms with Crippen molar-refractivity contribution < 1.29 is 35.1 Å². The largest absolute Gasteiger partial charge is 0.207 e. The van der Waals surface area contributed by atoms with Gasteiger partial charge in [0.05, 0.1) is 7.92 Å². The minimum atomic E-state index is -3.29. The van der Waals surface area contributed by atoms with Crippen molar-refractivity contribution in [2.24, 2.45) is 0 Å². The second kappa shape index (κ2) is 15.8. The molecule has 0 aliphatic rings. The fourth-order valence-corrected chi connectivity index (χ4v) is 9.35. The standard InChI is InChI=1S/C24H12BF8.C18H15P/c26-17-1-13(2-18(27)9-17)25(14-3-19(28)10-20(29)4-14,15-5-21(30)11-22(31)6-15)16-7-23(32)12-24(33)8-16;1-4-10-16(11-5-1)19(17-12-6-2-7-13-17)18-14-8-3-9-15-18/h1-12H;1-15H/q-1;/p+1. The maximum Gasteiger partial charge on any atom is 0.123 e. The summed E-state index contributed by atoms with van der Waals surface area (Å²) in [7, 11) is -0.877. The number of rotatable bonds is 7. The zero-order chi connectivity index (χ0) is 36.8. The Labute approximate surface area is 296 Å². The van der Waals surface area contributed by atoms with Gasteiger partial charge in [-0.25, -0.2) is 35.1 Å². The Hall–Kier alpha value is -5.53. The molecular weight excluding hydrogens is 698 g/mol.